The first kappa shape index (κ1) is 19.3. The minimum atomic E-state index is -0.0796. The van der Waals surface area contributed by atoms with Gasteiger partial charge in [-0.1, -0.05) is 12.1 Å². The van der Waals surface area contributed by atoms with E-state index in [-0.39, 0.29) is 23.8 Å². The first-order valence-corrected chi connectivity index (χ1v) is 10.0. The summed E-state index contributed by atoms with van der Waals surface area (Å²) in [5.41, 5.74) is 3.65. The Labute approximate surface area is 170 Å². The fraction of sp³-hybridized carbons (Fsp3) is 0.391. The highest BCUT2D eigenvalue weighted by atomic mass is 16.5. The van der Waals surface area contributed by atoms with Gasteiger partial charge in [0.2, 0.25) is 11.8 Å². The van der Waals surface area contributed by atoms with Crippen molar-refractivity contribution in [1.82, 2.24) is 0 Å². The van der Waals surface area contributed by atoms with E-state index in [4.69, 9.17) is 9.47 Å². The molecule has 1 unspecified atom stereocenters. The third-order valence-corrected chi connectivity index (χ3v) is 5.41. The van der Waals surface area contributed by atoms with Gasteiger partial charge in [0, 0.05) is 36.7 Å². The lowest BCUT2D eigenvalue weighted by Gasteiger charge is -2.28. The normalized spacial score (nSPS) is 18.6. The van der Waals surface area contributed by atoms with Gasteiger partial charge in [0.05, 0.1) is 13.2 Å². The summed E-state index contributed by atoms with van der Waals surface area (Å²) in [6.07, 6.45) is 1.86. The average Bonchev–Trinajstić information content (AvgIpc) is 3.12. The number of rotatable bonds is 5. The lowest BCUT2D eigenvalue weighted by atomic mass is 9.84. The van der Waals surface area contributed by atoms with Gasteiger partial charge < -0.3 is 19.7 Å². The second-order valence-corrected chi connectivity index (χ2v) is 7.80. The van der Waals surface area contributed by atoms with Crippen LogP contribution in [0.2, 0.25) is 0 Å². The van der Waals surface area contributed by atoms with Crippen LogP contribution >= 0.6 is 0 Å². The highest BCUT2D eigenvalue weighted by molar-refractivity contribution is 5.99. The number of anilines is 2. The summed E-state index contributed by atoms with van der Waals surface area (Å²) >= 11 is 0. The number of amides is 2. The van der Waals surface area contributed by atoms with E-state index in [1.165, 1.54) is 0 Å². The fourth-order valence-electron chi connectivity index (χ4n) is 4.09. The maximum absolute atomic E-state index is 12.4. The van der Waals surface area contributed by atoms with Crippen molar-refractivity contribution >= 4 is 23.2 Å². The van der Waals surface area contributed by atoms with Crippen molar-refractivity contribution in [1.29, 1.82) is 0 Å². The van der Waals surface area contributed by atoms with E-state index in [0.717, 1.165) is 35.5 Å². The number of carbonyl (C=O) groups is 2. The number of fused-ring (bicyclic) bond motifs is 1. The van der Waals surface area contributed by atoms with Gasteiger partial charge in [0.25, 0.3) is 0 Å². The van der Waals surface area contributed by atoms with Gasteiger partial charge in [-0.25, -0.2) is 0 Å². The Hall–Kier alpha value is -3.02. The minimum absolute atomic E-state index is 0.0335. The zero-order valence-corrected chi connectivity index (χ0v) is 17.0. The maximum Gasteiger partial charge on any atom is 0.227 e. The van der Waals surface area contributed by atoms with Crippen LogP contribution in [0.4, 0.5) is 11.4 Å². The topological polar surface area (TPSA) is 67.9 Å². The van der Waals surface area contributed by atoms with E-state index in [1.807, 2.05) is 50.2 Å². The second kappa shape index (κ2) is 7.78. The molecule has 0 spiro atoms. The summed E-state index contributed by atoms with van der Waals surface area (Å²) in [4.78, 5) is 26.3. The predicted molar refractivity (Wildman–Crippen MR) is 112 cm³/mol. The third-order valence-electron chi connectivity index (χ3n) is 5.41. The van der Waals surface area contributed by atoms with E-state index in [2.05, 4.69) is 5.32 Å². The monoisotopic (exact) mass is 394 g/mol. The van der Waals surface area contributed by atoms with Gasteiger partial charge in [-0.15, -0.1) is 0 Å². The Morgan fingerprint density at radius 1 is 1.10 bits per heavy atom. The van der Waals surface area contributed by atoms with Crippen LogP contribution in [-0.4, -0.2) is 31.6 Å². The molecule has 2 aromatic rings. The summed E-state index contributed by atoms with van der Waals surface area (Å²) < 4.78 is 11.3. The molecular formula is C23H26N2O4. The standard InChI is InChI=1S/C23H26N2O4/c1-14(2)29-20-9-6-15(11-21(20)28-3)18-13-22(26)24-19-12-16(7-8-17(18)19)25-10-4-5-23(25)27/h6-9,11-12,14,18H,4-5,10,13H2,1-3H3,(H,24,26). The van der Waals surface area contributed by atoms with Crippen LogP contribution in [-0.2, 0) is 9.59 Å². The number of nitrogens with one attached hydrogen (secondary N) is 1. The summed E-state index contributed by atoms with van der Waals surface area (Å²) in [5.74, 6) is 1.37. The van der Waals surface area contributed by atoms with Gasteiger partial charge in [-0.05, 0) is 55.7 Å². The van der Waals surface area contributed by atoms with Crippen molar-refractivity contribution in [2.75, 3.05) is 23.9 Å². The quantitative estimate of drug-likeness (QED) is 0.830. The van der Waals surface area contributed by atoms with E-state index in [1.54, 1.807) is 12.0 Å². The molecule has 0 aliphatic carbocycles. The van der Waals surface area contributed by atoms with Crippen LogP contribution in [0.5, 0.6) is 11.5 Å². The molecule has 1 atom stereocenters. The first-order chi connectivity index (χ1) is 14.0. The molecule has 2 heterocycles. The van der Waals surface area contributed by atoms with Crippen LogP contribution in [0.3, 0.4) is 0 Å². The summed E-state index contributed by atoms with van der Waals surface area (Å²) in [7, 11) is 1.62. The van der Waals surface area contributed by atoms with Gasteiger partial charge >= 0.3 is 0 Å². The number of hydrogen-bond acceptors (Lipinski definition) is 4. The molecule has 0 saturated carbocycles. The van der Waals surface area contributed by atoms with Crippen molar-refractivity contribution in [3.8, 4) is 11.5 Å². The molecular weight excluding hydrogens is 368 g/mol. The highest BCUT2D eigenvalue weighted by Crippen LogP contribution is 2.41. The molecule has 152 valence electrons. The molecule has 2 aromatic carbocycles. The van der Waals surface area contributed by atoms with E-state index < -0.39 is 0 Å². The molecule has 2 aliphatic heterocycles. The zero-order chi connectivity index (χ0) is 20.5. The molecule has 0 bridgehead atoms. The number of methoxy groups -OCH3 is 1. The lowest BCUT2D eigenvalue weighted by molar-refractivity contribution is -0.117. The van der Waals surface area contributed by atoms with E-state index >= 15 is 0 Å². The van der Waals surface area contributed by atoms with E-state index in [0.29, 0.717) is 24.3 Å². The SMILES string of the molecule is COc1cc(C2CC(=O)Nc3cc(N4CCCC4=O)ccc32)ccc1OC(C)C. The Morgan fingerprint density at radius 2 is 1.93 bits per heavy atom. The largest absolute Gasteiger partial charge is 0.493 e. The van der Waals surface area contributed by atoms with Crippen LogP contribution in [0, 0.1) is 0 Å². The predicted octanol–water partition coefficient (Wildman–Crippen LogP) is 4.08. The highest BCUT2D eigenvalue weighted by Gasteiger charge is 2.29. The second-order valence-electron chi connectivity index (χ2n) is 7.80. The van der Waals surface area contributed by atoms with Crippen molar-refractivity contribution in [3.63, 3.8) is 0 Å². The maximum atomic E-state index is 12.4. The molecule has 1 fully saturated rings. The molecule has 6 nitrogen and oxygen atoms in total. The summed E-state index contributed by atoms with van der Waals surface area (Å²) in [5, 5.41) is 2.97. The number of nitrogens with zero attached hydrogens (tertiary/aromatic N) is 1. The fourth-order valence-corrected chi connectivity index (χ4v) is 4.09. The Bertz CT molecular complexity index is 954. The Morgan fingerprint density at radius 3 is 2.62 bits per heavy atom. The number of ether oxygens (including phenoxy) is 2. The molecule has 29 heavy (non-hydrogen) atoms. The number of benzene rings is 2. The van der Waals surface area contributed by atoms with Crippen LogP contribution in [0.15, 0.2) is 36.4 Å². The van der Waals surface area contributed by atoms with Crippen LogP contribution in [0.25, 0.3) is 0 Å². The van der Waals surface area contributed by atoms with Crippen molar-refractivity contribution < 1.29 is 19.1 Å². The van der Waals surface area contributed by atoms with Gasteiger partial charge in [-0.3, -0.25) is 9.59 Å². The van der Waals surface area contributed by atoms with Crippen molar-refractivity contribution in [2.24, 2.45) is 0 Å². The third kappa shape index (κ3) is 3.79. The van der Waals surface area contributed by atoms with Gasteiger partial charge in [0.15, 0.2) is 11.5 Å². The average molecular weight is 394 g/mol. The molecule has 2 aliphatic rings. The zero-order valence-electron chi connectivity index (χ0n) is 17.0. The van der Waals surface area contributed by atoms with Crippen molar-refractivity contribution in [3.05, 3.63) is 47.5 Å². The summed E-state index contributed by atoms with van der Waals surface area (Å²) in [6.45, 7) is 4.67. The molecule has 0 radical (unpaired) electrons. The number of carbonyl (C=O) groups excluding carboxylic acids is 2. The van der Waals surface area contributed by atoms with Crippen molar-refractivity contribution in [2.45, 2.75) is 45.1 Å². The van der Waals surface area contributed by atoms with Gasteiger partial charge in [0.1, 0.15) is 0 Å². The van der Waals surface area contributed by atoms with Gasteiger partial charge in [-0.2, -0.15) is 0 Å². The smallest absolute Gasteiger partial charge is 0.227 e. The number of hydrogen-bond donors (Lipinski definition) is 1. The molecule has 0 aromatic heterocycles. The minimum Gasteiger partial charge on any atom is -0.493 e. The summed E-state index contributed by atoms with van der Waals surface area (Å²) in [6, 6.07) is 11.7. The Balaban J connectivity index is 1.69. The lowest BCUT2D eigenvalue weighted by Crippen LogP contribution is -2.26. The first-order valence-electron chi connectivity index (χ1n) is 10.0. The molecule has 6 heteroatoms. The van der Waals surface area contributed by atoms with E-state index in [9.17, 15) is 9.59 Å². The Kier molecular flexibility index (Phi) is 5.18. The molecule has 4 rings (SSSR count). The molecule has 2 amide bonds. The van der Waals surface area contributed by atoms with Crippen LogP contribution in [0.1, 0.15) is 50.2 Å². The molecule has 1 N–H and O–H groups in total. The van der Waals surface area contributed by atoms with Crippen LogP contribution < -0.4 is 19.7 Å². The molecule has 1 saturated heterocycles.